The minimum absolute atomic E-state index is 0.0687. The van der Waals surface area contributed by atoms with Crippen molar-refractivity contribution >= 4 is 37.4 Å². The first-order chi connectivity index (χ1) is 13.3. The van der Waals surface area contributed by atoms with Crippen LogP contribution in [0.15, 0.2) is 10.7 Å². The fraction of sp³-hybridized carbons (Fsp3) is 0.600. The number of anilines is 1. The van der Waals surface area contributed by atoms with Crippen molar-refractivity contribution in [1.29, 1.82) is 0 Å². The molecule has 14 heteroatoms. The van der Waals surface area contributed by atoms with Crippen LogP contribution in [-0.2, 0) is 10.0 Å². The summed E-state index contributed by atoms with van der Waals surface area (Å²) in [6.45, 7) is 0.581. The highest BCUT2D eigenvalue weighted by Crippen LogP contribution is 2.40. The Bertz CT molecular complexity index is 1030. The third-order valence-electron chi connectivity index (χ3n) is 4.79. The van der Waals surface area contributed by atoms with Crippen molar-refractivity contribution in [3.8, 4) is 0 Å². The number of alkyl halides is 4. The lowest BCUT2D eigenvalue weighted by Gasteiger charge is -2.33. The van der Waals surface area contributed by atoms with Gasteiger partial charge in [-0.15, -0.1) is 5.10 Å². The maximum absolute atomic E-state index is 14.4. The molecule has 0 aliphatic carbocycles. The zero-order valence-electron chi connectivity index (χ0n) is 15.2. The van der Waals surface area contributed by atoms with E-state index in [1.54, 1.807) is 0 Å². The second kappa shape index (κ2) is 7.61. The Morgan fingerprint density at radius 1 is 1.38 bits per heavy atom. The predicted octanol–water partition coefficient (Wildman–Crippen LogP) is 3.08. The third-order valence-corrected chi connectivity index (χ3v) is 6.82. The van der Waals surface area contributed by atoms with E-state index in [-0.39, 0.29) is 35.4 Å². The number of piperidine rings is 1. The number of sulfonamides is 1. The lowest BCUT2D eigenvalue weighted by molar-refractivity contribution is -0.147. The number of hydrogen-bond donors (Lipinski definition) is 1. The van der Waals surface area contributed by atoms with Crippen molar-refractivity contribution in [2.24, 2.45) is 0 Å². The molecule has 1 fully saturated rings. The Balaban J connectivity index is 1.90. The van der Waals surface area contributed by atoms with E-state index in [1.165, 1.54) is 0 Å². The van der Waals surface area contributed by atoms with Crippen molar-refractivity contribution in [1.82, 2.24) is 18.9 Å². The van der Waals surface area contributed by atoms with Crippen LogP contribution >= 0.6 is 15.9 Å². The molecule has 0 radical (unpaired) electrons. The van der Waals surface area contributed by atoms with E-state index in [4.69, 9.17) is 0 Å². The molecule has 162 valence electrons. The first-order valence-corrected chi connectivity index (χ1v) is 11.1. The lowest BCUT2D eigenvalue weighted by Crippen LogP contribution is -2.49. The molecular weight excluding hydrogens is 489 g/mol. The first kappa shape index (κ1) is 22.2. The zero-order valence-corrected chi connectivity index (χ0v) is 17.6. The molecule has 2 aromatic heterocycles. The monoisotopic (exact) mass is 505 g/mol. The van der Waals surface area contributed by atoms with Crippen molar-refractivity contribution in [3.05, 3.63) is 22.2 Å². The van der Waals surface area contributed by atoms with Gasteiger partial charge in [0.15, 0.2) is 5.82 Å². The first-order valence-electron chi connectivity index (χ1n) is 8.45. The minimum atomic E-state index is -4.63. The second-order valence-electron chi connectivity index (χ2n) is 6.83. The predicted molar refractivity (Wildman–Crippen MR) is 98.5 cm³/mol. The van der Waals surface area contributed by atoms with Crippen LogP contribution in [0.4, 0.5) is 27.9 Å². The summed E-state index contributed by atoms with van der Waals surface area (Å²) in [5, 5.41) is 6.58. The van der Waals surface area contributed by atoms with Gasteiger partial charge in [-0.3, -0.25) is 0 Å². The highest BCUT2D eigenvalue weighted by Gasteiger charge is 2.41. The molecular formula is C15H17BrF5N5O2S. The topological polar surface area (TPSA) is 79.6 Å². The van der Waals surface area contributed by atoms with Gasteiger partial charge in [-0.1, -0.05) is 0 Å². The van der Waals surface area contributed by atoms with Crippen molar-refractivity contribution in [2.45, 2.75) is 37.7 Å². The maximum atomic E-state index is 14.4. The molecule has 1 saturated heterocycles. The number of fused-ring (bicyclic) bond motifs is 1. The van der Waals surface area contributed by atoms with Crippen molar-refractivity contribution in [3.63, 3.8) is 0 Å². The fourth-order valence-corrected chi connectivity index (χ4v) is 4.67. The largest absolute Gasteiger partial charge is 0.397 e. The van der Waals surface area contributed by atoms with Gasteiger partial charge in [0.2, 0.25) is 16.0 Å². The van der Waals surface area contributed by atoms with E-state index < -0.39 is 45.8 Å². The number of aromatic nitrogens is 3. The molecule has 0 saturated carbocycles. The van der Waals surface area contributed by atoms with Gasteiger partial charge in [0.05, 0.1) is 34.6 Å². The van der Waals surface area contributed by atoms with Crippen LogP contribution in [0.5, 0.6) is 0 Å². The molecule has 3 atom stereocenters. The van der Waals surface area contributed by atoms with Gasteiger partial charge in [-0.05, 0) is 29.3 Å². The quantitative estimate of drug-likeness (QED) is 0.646. The minimum Gasteiger partial charge on any atom is -0.347 e. The van der Waals surface area contributed by atoms with Crippen LogP contribution in [0.2, 0.25) is 0 Å². The van der Waals surface area contributed by atoms with E-state index in [9.17, 15) is 30.4 Å². The van der Waals surface area contributed by atoms with Gasteiger partial charge >= 0.3 is 6.18 Å². The van der Waals surface area contributed by atoms with Crippen LogP contribution in [0.1, 0.15) is 25.0 Å². The molecule has 0 amide bonds. The number of nitrogens with zero attached hydrogens (tertiary/aromatic N) is 4. The average molecular weight is 506 g/mol. The Morgan fingerprint density at radius 3 is 2.59 bits per heavy atom. The highest BCUT2D eigenvalue weighted by molar-refractivity contribution is 9.10. The highest BCUT2D eigenvalue weighted by atomic mass is 79.9. The summed E-state index contributed by atoms with van der Waals surface area (Å²) < 4.78 is 92.8. The summed E-state index contributed by atoms with van der Waals surface area (Å²) in [6.07, 6.45) is -4.14. The number of rotatable bonds is 4. The van der Waals surface area contributed by atoms with Gasteiger partial charge in [0.25, 0.3) is 0 Å². The second-order valence-corrected chi connectivity index (χ2v) is 9.61. The average Bonchev–Trinajstić information content (AvgIpc) is 2.85. The molecule has 0 spiro atoms. The molecule has 7 nitrogen and oxygen atoms in total. The number of nitrogens with one attached hydrogen (secondary N) is 1. The molecule has 1 aliphatic heterocycles. The lowest BCUT2D eigenvalue weighted by atomic mass is 10.1. The molecule has 1 unspecified atom stereocenters. The number of hydrogen-bond acceptors (Lipinski definition) is 5. The van der Waals surface area contributed by atoms with Gasteiger partial charge in [-0.25, -0.2) is 26.7 Å². The summed E-state index contributed by atoms with van der Waals surface area (Å²) in [6, 6.07) is -0.849. The van der Waals surface area contributed by atoms with E-state index in [2.05, 4.69) is 31.3 Å². The molecule has 0 bridgehead atoms. The van der Waals surface area contributed by atoms with E-state index in [1.807, 2.05) is 0 Å². The Morgan fingerprint density at radius 2 is 2.03 bits per heavy atom. The van der Waals surface area contributed by atoms with Gasteiger partial charge in [0, 0.05) is 13.1 Å². The van der Waals surface area contributed by atoms with Crippen LogP contribution < -0.4 is 5.32 Å². The Kier molecular flexibility index (Phi) is 5.82. The maximum Gasteiger partial charge on any atom is 0.397 e. The molecule has 29 heavy (non-hydrogen) atoms. The summed E-state index contributed by atoms with van der Waals surface area (Å²) in [4.78, 5) is 3.86. The zero-order chi connectivity index (χ0) is 21.7. The summed E-state index contributed by atoms with van der Waals surface area (Å²) in [5.74, 6) is -3.16. The number of halogens is 6. The Labute approximate surface area is 171 Å². The van der Waals surface area contributed by atoms with Crippen LogP contribution in [0, 0.1) is 5.82 Å². The van der Waals surface area contributed by atoms with Crippen molar-refractivity contribution < 1.29 is 30.4 Å². The molecule has 0 aromatic carbocycles. The normalized spacial score (nSPS) is 22.8. The van der Waals surface area contributed by atoms with E-state index >= 15 is 0 Å². The van der Waals surface area contributed by atoms with E-state index in [0.29, 0.717) is 0 Å². The molecule has 1 N–H and O–H groups in total. The smallest absolute Gasteiger partial charge is 0.347 e. The molecule has 3 heterocycles. The van der Waals surface area contributed by atoms with Crippen molar-refractivity contribution in [2.75, 3.05) is 24.7 Å². The SMILES string of the molecule is CC(c1c(Br)c(F)c2cnc(N[C@@H]3CCN(S(C)(=O)=O)C[C@H]3F)nn12)C(F)(F)F. The van der Waals surface area contributed by atoms with Crippen LogP contribution in [0.3, 0.4) is 0 Å². The molecule has 1 aliphatic rings. The third kappa shape index (κ3) is 4.33. The summed E-state index contributed by atoms with van der Waals surface area (Å²) >= 11 is 2.84. The van der Waals surface area contributed by atoms with Gasteiger partial charge in [-0.2, -0.15) is 17.5 Å². The van der Waals surface area contributed by atoms with Gasteiger partial charge < -0.3 is 5.32 Å². The standard InChI is InChI=1S/C15H17BrF5N5O2S/c1-7(15(19,20)21)13-11(16)12(18)10-5-22-14(24-26(10)13)23-9-3-4-25(6-8(9)17)29(2,27)28/h5,7-9H,3-4,6H2,1-2H3,(H,23,24)/t7?,8-,9-/m1/s1. The molecule has 3 rings (SSSR count). The fourth-order valence-electron chi connectivity index (χ4n) is 3.10. The Hall–Kier alpha value is -1.54. The van der Waals surface area contributed by atoms with Crippen LogP contribution in [0.25, 0.3) is 5.52 Å². The van der Waals surface area contributed by atoms with Gasteiger partial charge in [0.1, 0.15) is 11.7 Å². The van der Waals surface area contributed by atoms with E-state index in [0.717, 1.165) is 28.2 Å². The van der Waals surface area contributed by atoms with Crippen LogP contribution in [-0.4, -0.2) is 65.1 Å². The molecule has 2 aromatic rings. The summed E-state index contributed by atoms with van der Waals surface area (Å²) in [5.41, 5.74) is -0.712. The summed E-state index contributed by atoms with van der Waals surface area (Å²) in [7, 11) is -3.54.